The summed E-state index contributed by atoms with van der Waals surface area (Å²) in [5.74, 6) is -0.00860. The number of hydrogen-bond donors (Lipinski definition) is 1. The number of nitrogens with zero attached hydrogens (tertiary/aromatic N) is 8. The molecule has 17 heteroatoms. The molecule has 0 spiro atoms. The van der Waals surface area contributed by atoms with Gasteiger partial charge in [-0.25, -0.2) is 15.0 Å². The third kappa shape index (κ3) is 7.21. The van der Waals surface area contributed by atoms with Gasteiger partial charge in [-0.2, -0.15) is 22.0 Å². The van der Waals surface area contributed by atoms with Crippen LogP contribution in [0.3, 0.4) is 0 Å². The Morgan fingerprint density at radius 3 is 2.50 bits per heavy atom. The first-order valence-electron chi connectivity index (χ1n) is 15.4. The third-order valence-electron chi connectivity index (χ3n) is 8.37. The van der Waals surface area contributed by atoms with Crippen LogP contribution in [-0.4, -0.2) is 77.0 Å². The van der Waals surface area contributed by atoms with Crippen molar-refractivity contribution in [2.45, 2.75) is 63.8 Å². The number of aromatic amines is 1. The van der Waals surface area contributed by atoms with Crippen LogP contribution in [0, 0.1) is 0 Å². The van der Waals surface area contributed by atoms with Crippen molar-refractivity contribution in [1.82, 2.24) is 44.6 Å². The van der Waals surface area contributed by atoms with Gasteiger partial charge in [-0.3, -0.25) is 9.88 Å². The molecular weight excluding hydrogens is 641 g/mol. The van der Waals surface area contributed by atoms with Gasteiger partial charge >= 0.3 is 12.8 Å². The van der Waals surface area contributed by atoms with E-state index < -0.39 is 18.6 Å². The first kappa shape index (κ1) is 31.8. The van der Waals surface area contributed by atoms with E-state index in [0.29, 0.717) is 36.8 Å². The van der Waals surface area contributed by atoms with Gasteiger partial charge in [-0.15, -0.1) is 10.2 Å². The second-order valence-electron chi connectivity index (χ2n) is 11.6. The topological polar surface area (TPSA) is 129 Å². The zero-order valence-corrected chi connectivity index (χ0v) is 25.4. The highest BCUT2D eigenvalue weighted by molar-refractivity contribution is 5.78. The van der Waals surface area contributed by atoms with Crippen molar-refractivity contribution in [1.29, 1.82) is 0 Å². The van der Waals surface area contributed by atoms with Crippen molar-refractivity contribution in [2.75, 3.05) is 19.7 Å². The van der Waals surface area contributed by atoms with Gasteiger partial charge in [-0.05, 0) is 50.6 Å². The van der Waals surface area contributed by atoms with Crippen LogP contribution in [-0.2, 0) is 30.6 Å². The van der Waals surface area contributed by atoms with Gasteiger partial charge < -0.3 is 23.8 Å². The molecule has 0 saturated carbocycles. The first-order chi connectivity index (χ1) is 23.2. The van der Waals surface area contributed by atoms with Crippen molar-refractivity contribution in [2.24, 2.45) is 0 Å². The Morgan fingerprint density at radius 2 is 1.77 bits per heavy atom. The van der Waals surface area contributed by atoms with Crippen LogP contribution < -0.4 is 9.47 Å². The minimum Gasteiger partial charge on any atom is -0.471 e. The van der Waals surface area contributed by atoms with E-state index in [9.17, 15) is 22.0 Å². The van der Waals surface area contributed by atoms with Gasteiger partial charge in [-0.1, -0.05) is 12.1 Å². The van der Waals surface area contributed by atoms with E-state index in [1.165, 1.54) is 6.07 Å². The molecule has 0 aliphatic carbocycles. The lowest BCUT2D eigenvalue weighted by atomic mass is 9.93. The average molecular weight is 672 g/mol. The normalized spacial score (nSPS) is 17.6. The molecule has 252 valence electrons. The minimum atomic E-state index is -4.64. The van der Waals surface area contributed by atoms with Gasteiger partial charge in [0.1, 0.15) is 18.1 Å². The fraction of sp³-hybridized carbons (Fsp3) is 0.419. The quantitative estimate of drug-likeness (QED) is 0.183. The number of halogens is 5. The Balaban J connectivity index is 1.01. The molecule has 2 saturated heterocycles. The highest BCUT2D eigenvalue weighted by Gasteiger charge is 2.35. The van der Waals surface area contributed by atoms with Crippen LogP contribution in [0.25, 0.3) is 22.6 Å². The standard InChI is InChI=1S/C31H30F5N9O3/c32-30(33)48-27-6-1-3-19(38-27)17-47-26-5-2-4-21(40-26)18-7-10-44(11-8-18)16-25-39-22-13-23(28-41-29(43-42-28)31(34,35)36)37-14-24(22)45(25)15-20-9-12-46-20/h1-6,13-14,18,20,30H,7-12,15-17H2,(H,41,42,43)/t20-/m0/s1. The summed E-state index contributed by atoms with van der Waals surface area (Å²) < 4.78 is 82.2. The predicted octanol–water partition coefficient (Wildman–Crippen LogP) is 5.37. The number of pyridine rings is 3. The van der Waals surface area contributed by atoms with Crippen LogP contribution in [0.4, 0.5) is 22.0 Å². The molecule has 1 N–H and O–H groups in total. The van der Waals surface area contributed by atoms with Crippen LogP contribution in [0.2, 0.25) is 0 Å². The van der Waals surface area contributed by atoms with Crippen molar-refractivity contribution in [3.05, 3.63) is 71.7 Å². The molecular formula is C31H30F5N9O3. The Bertz CT molecular complexity index is 1870. The number of aromatic nitrogens is 8. The molecule has 12 nitrogen and oxygen atoms in total. The number of ether oxygens (including phenoxy) is 3. The number of fused-ring (bicyclic) bond motifs is 1. The highest BCUT2D eigenvalue weighted by atomic mass is 19.4. The van der Waals surface area contributed by atoms with E-state index in [1.54, 1.807) is 30.5 Å². The summed E-state index contributed by atoms with van der Waals surface area (Å²) in [5, 5.41) is 6.84. The molecule has 0 unspecified atom stereocenters. The number of H-pyrrole nitrogens is 1. The maximum absolute atomic E-state index is 13.1. The van der Waals surface area contributed by atoms with Gasteiger partial charge in [0, 0.05) is 30.4 Å². The van der Waals surface area contributed by atoms with Crippen LogP contribution in [0.15, 0.2) is 48.7 Å². The first-order valence-corrected chi connectivity index (χ1v) is 15.4. The molecule has 7 heterocycles. The Morgan fingerprint density at radius 1 is 0.979 bits per heavy atom. The molecule has 0 aromatic carbocycles. The Kier molecular flexibility index (Phi) is 8.87. The van der Waals surface area contributed by atoms with E-state index in [0.717, 1.165) is 49.4 Å². The second-order valence-corrected chi connectivity index (χ2v) is 11.6. The zero-order valence-electron chi connectivity index (χ0n) is 25.4. The maximum atomic E-state index is 13.1. The number of alkyl halides is 5. The average Bonchev–Trinajstić information content (AvgIpc) is 3.67. The zero-order chi connectivity index (χ0) is 33.3. The molecule has 1 atom stereocenters. The number of hydrogen-bond acceptors (Lipinski definition) is 10. The smallest absolute Gasteiger partial charge is 0.451 e. The van der Waals surface area contributed by atoms with Crippen molar-refractivity contribution in [3.8, 4) is 23.3 Å². The van der Waals surface area contributed by atoms with E-state index >= 15 is 0 Å². The molecule has 2 aliphatic rings. The fourth-order valence-electron chi connectivity index (χ4n) is 5.83. The lowest BCUT2D eigenvalue weighted by molar-refractivity contribution is -0.144. The number of likely N-dealkylation sites (tertiary alicyclic amines) is 1. The van der Waals surface area contributed by atoms with E-state index in [4.69, 9.17) is 19.4 Å². The number of imidazole rings is 1. The predicted molar refractivity (Wildman–Crippen MR) is 159 cm³/mol. The molecule has 2 aliphatic heterocycles. The maximum Gasteiger partial charge on any atom is 0.451 e. The second kappa shape index (κ2) is 13.4. The lowest BCUT2D eigenvalue weighted by Crippen LogP contribution is -2.35. The molecule has 5 aromatic rings. The molecule has 0 amide bonds. The monoisotopic (exact) mass is 671 g/mol. The SMILES string of the molecule is FC(F)Oc1cccc(COc2cccc(C3CCN(Cc4nc5cc(-c6nnc(C(F)(F)F)[nH]6)ncc5n4C[C@@H]4CCO4)CC3)n2)n1. The van der Waals surface area contributed by atoms with Crippen molar-refractivity contribution < 1.29 is 36.2 Å². The number of nitrogens with one attached hydrogen (secondary N) is 1. The molecule has 2 fully saturated rings. The van der Waals surface area contributed by atoms with Gasteiger partial charge in [0.2, 0.25) is 17.6 Å². The van der Waals surface area contributed by atoms with Crippen LogP contribution >= 0.6 is 0 Å². The van der Waals surface area contributed by atoms with Gasteiger partial charge in [0.05, 0.1) is 42.1 Å². The Hall–Kier alpha value is -4.77. The molecule has 5 aromatic heterocycles. The number of rotatable bonds is 11. The third-order valence-corrected chi connectivity index (χ3v) is 8.37. The van der Waals surface area contributed by atoms with E-state index in [2.05, 4.69) is 39.4 Å². The summed E-state index contributed by atoms with van der Waals surface area (Å²) >= 11 is 0. The number of piperidine rings is 1. The van der Waals surface area contributed by atoms with Gasteiger partial charge in [0.15, 0.2) is 5.82 Å². The van der Waals surface area contributed by atoms with E-state index in [1.807, 2.05) is 12.1 Å². The summed E-state index contributed by atoms with van der Waals surface area (Å²) in [4.78, 5) is 22.5. The summed E-state index contributed by atoms with van der Waals surface area (Å²) in [7, 11) is 0. The lowest BCUT2D eigenvalue weighted by Gasteiger charge is -2.32. The van der Waals surface area contributed by atoms with E-state index in [-0.39, 0.29) is 36.0 Å². The summed E-state index contributed by atoms with van der Waals surface area (Å²) in [6.45, 7) is 0.551. The molecule has 7 rings (SSSR count). The molecule has 48 heavy (non-hydrogen) atoms. The fourth-order valence-corrected chi connectivity index (χ4v) is 5.83. The molecule has 0 radical (unpaired) electrons. The van der Waals surface area contributed by atoms with Crippen LogP contribution in [0.1, 0.15) is 48.2 Å². The Labute approximate surface area is 270 Å². The minimum absolute atomic E-state index is 0.0479. The largest absolute Gasteiger partial charge is 0.471 e. The molecule has 0 bridgehead atoms. The van der Waals surface area contributed by atoms with Gasteiger partial charge in [0.25, 0.3) is 0 Å². The van der Waals surface area contributed by atoms with Crippen molar-refractivity contribution >= 4 is 11.0 Å². The summed E-state index contributed by atoms with van der Waals surface area (Å²) in [6, 6.07) is 11.8. The van der Waals surface area contributed by atoms with Crippen LogP contribution in [0.5, 0.6) is 11.8 Å². The summed E-state index contributed by atoms with van der Waals surface area (Å²) in [6.07, 6.45) is -0.338. The highest BCUT2D eigenvalue weighted by Crippen LogP contribution is 2.31. The van der Waals surface area contributed by atoms with Crippen molar-refractivity contribution in [3.63, 3.8) is 0 Å². The summed E-state index contributed by atoms with van der Waals surface area (Å²) in [5.41, 5.74) is 2.91.